The normalized spacial score (nSPS) is 11.8. The molecule has 0 aliphatic heterocycles. The fraction of sp³-hybridized carbons (Fsp3) is 0.500. The molecular formula is C4H9N5O2S. The Hall–Kier alpha value is -0.990. The van der Waals surface area contributed by atoms with Crippen LogP contribution in [0.3, 0.4) is 0 Å². The predicted octanol–water partition coefficient (Wildman–Crippen LogP) is -2.05. The van der Waals surface area contributed by atoms with Crippen LogP contribution >= 0.6 is 0 Å². The highest BCUT2D eigenvalue weighted by Crippen LogP contribution is 1.97. The van der Waals surface area contributed by atoms with Crippen LogP contribution in [-0.2, 0) is 16.4 Å². The zero-order chi connectivity index (χ0) is 9.19. The lowest BCUT2D eigenvalue weighted by molar-refractivity contribution is 0.589. The Balaban J connectivity index is 2.92. The zero-order valence-corrected chi connectivity index (χ0v) is 7.00. The number of primary sulfonamides is 1. The summed E-state index contributed by atoms with van der Waals surface area (Å²) < 4.78 is 21.3. The van der Waals surface area contributed by atoms with Crippen LogP contribution in [0.15, 0.2) is 5.16 Å². The van der Waals surface area contributed by atoms with Crippen molar-refractivity contribution in [1.82, 2.24) is 15.2 Å². The second-order valence-electron chi connectivity index (χ2n) is 2.15. The molecule has 0 aliphatic carbocycles. The van der Waals surface area contributed by atoms with Crippen molar-refractivity contribution < 1.29 is 8.42 Å². The molecule has 1 aromatic heterocycles. The number of nitrogens with zero attached hydrogens (tertiary/aromatic N) is 2. The van der Waals surface area contributed by atoms with E-state index in [1.54, 1.807) is 0 Å². The van der Waals surface area contributed by atoms with E-state index < -0.39 is 15.2 Å². The summed E-state index contributed by atoms with van der Waals surface area (Å²) >= 11 is 0. The van der Waals surface area contributed by atoms with Crippen LogP contribution in [0.25, 0.3) is 0 Å². The van der Waals surface area contributed by atoms with Gasteiger partial charge in [0.2, 0.25) is 0 Å². The maximum absolute atomic E-state index is 10.7. The number of nitrogens with two attached hydrogens (primary N) is 2. The lowest BCUT2D eigenvalue weighted by Crippen LogP contribution is -2.14. The standard InChI is InChI=1S/C4H9N5O2S/c5-2-1-3-7-4(9-8-3)12(6,10)11/h1-2,5H2,(H2,6,10,11)(H,7,8,9). The summed E-state index contributed by atoms with van der Waals surface area (Å²) in [5.74, 6) is 0.418. The third kappa shape index (κ3) is 2.00. The fourth-order valence-corrected chi connectivity index (χ4v) is 1.06. The van der Waals surface area contributed by atoms with Crippen LogP contribution in [0.4, 0.5) is 0 Å². The monoisotopic (exact) mass is 191 g/mol. The van der Waals surface area contributed by atoms with E-state index in [-0.39, 0.29) is 0 Å². The number of hydrogen-bond donors (Lipinski definition) is 3. The van der Waals surface area contributed by atoms with Crippen molar-refractivity contribution in [2.24, 2.45) is 10.9 Å². The maximum atomic E-state index is 10.7. The van der Waals surface area contributed by atoms with Crippen LogP contribution in [0.1, 0.15) is 5.82 Å². The molecule has 0 saturated carbocycles. The van der Waals surface area contributed by atoms with Crippen LogP contribution in [0.5, 0.6) is 0 Å². The van der Waals surface area contributed by atoms with E-state index in [9.17, 15) is 8.42 Å². The summed E-state index contributed by atoms with van der Waals surface area (Å²) in [7, 11) is -3.79. The van der Waals surface area contributed by atoms with Gasteiger partial charge in [0.15, 0.2) is 0 Å². The zero-order valence-electron chi connectivity index (χ0n) is 6.19. The van der Waals surface area contributed by atoms with Crippen molar-refractivity contribution in [1.29, 1.82) is 0 Å². The van der Waals surface area contributed by atoms with Gasteiger partial charge >= 0.3 is 0 Å². The molecule has 12 heavy (non-hydrogen) atoms. The molecule has 0 aromatic carbocycles. The largest absolute Gasteiger partial charge is 0.330 e. The molecule has 0 spiro atoms. The molecule has 7 nitrogen and oxygen atoms in total. The van der Waals surface area contributed by atoms with E-state index in [1.807, 2.05) is 0 Å². The molecule has 0 aliphatic rings. The Morgan fingerprint density at radius 1 is 1.50 bits per heavy atom. The summed E-state index contributed by atoms with van der Waals surface area (Å²) in [4.78, 5) is 3.61. The summed E-state index contributed by atoms with van der Waals surface area (Å²) in [6.45, 7) is 0.374. The van der Waals surface area contributed by atoms with Crippen molar-refractivity contribution in [2.75, 3.05) is 6.54 Å². The number of hydrogen-bond acceptors (Lipinski definition) is 5. The van der Waals surface area contributed by atoms with Gasteiger partial charge in [0.1, 0.15) is 5.82 Å². The van der Waals surface area contributed by atoms with E-state index in [0.717, 1.165) is 0 Å². The number of rotatable bonds is 3. The number of aromatic nitrogens is 3. The molecule has 1 aromatic rings. The molecule has 0 radical (unpaired) electrons. The molecule has 0 unspecified atom stereocenters. The number of aromatic amines is 1. The van der Waals surface area contributed by atoms with E-state index in [1.165, 1.54) is 0 Å². The number of H-pyrrole nitrogens is 1. The van der Waals surface area contributed by atoms with Crippen LogP contribution < -0.4 is 10.9 Å². The Morgan fingerprint density at radius 2 is 2.17 bits per heavy atom. The Morgan fingerprint density at radius 3 is 2.58 bits per heavy atom. The first kappa shape index (κ1) is 9.10. The molecule has 8 heteroatoms. The van der Waals surface area contributed by atoms with Gasteiger partial charge in [-0.2, -0.15) is 0 Å². The van der Waals surface area contributed by atoms with Crippen molar-refractivity contribution >= 4 is 10.0 Å². The molecule has 0 atom stereocenters. The average Bonchev–Trinajstić information content (AvgIpc) is 2.35. The van der Waals surface area contributed by atoms with Crippen LogP contribution in [-0.4, -0.2) is 30.1 Å². The average molecular weight is 191 g/mol. The topological polar surface area (TPSA) is 128 Å². The van der Waals surface area contributed by atoms with Gasteiger partial charge in [0, 0.05) is 6.42 Å². The van der Waals surface area contributed by atoms with E-state index in [0.29, 0.717) is 18.8 Å². The molecule has 0 bridgehead atoms. The first-order chi connectivity index (χ1) is 5.54. The fourth-order valence-electron chi connectivity index (χ4n) is 0.654. The minimum atomic E-state index is -3.79. The summed E-state index contributed by atoms with van der Waals surface area (Å²) in [5, 5.41) is 10.2. The predicted molar refractivity (Wildman–Crippen MR) is 40.5 cm³/mol. The lowest BCUT2D eigenvalue weighted by Gasteiger charge is -1.87. The third-order valence-electron chi connectivity index (χ3n) is 1.15. The first-order valence-electron chi connectivity index (χ1n) is 3.18. The second-order valence-corrected chi connectivity index (χ2v) is 3.60. The molecule has 68 valence electrons. The first-order valence-corrected chi connectivity index (χ1v) is 4.73. The molecule has 0 saturated heterocycles. The molecule has 5 N–H and O–H groups in total. The highest BCUT2D eigenvalue weighted by Gasteiger charge is 2.13. The van der Waals surface area contributed by atoms with Crippen molar-refractivity contribution in [3.8, 4) is 0 Å². The third-order valence-corrected chi connectivity index (χ3v) is 1.84. The molecule has 1 rings (SSSR count). The molecule has 1 heterocycles. The highest BCUT2D eigenvalue weighted by molar-refractivity contribution is 7.89. The van der Waals surface area contributed by atoms with E-state index >= 15 is 0 Å². The van der Waals surface area contributed by atoms with Gasteiger partial charge < -0.3 is 5.73 Å². The van der Waals surface area contributed by atoms with Crippen molar-refractivity contribution in [3.05, 3.63) is 5.82 Å². The van der Waals surface area contributed by atoms with E-state index in [4.69, 9.17) is 10.9 Å². The quantitative estimate of drug-likeness (QED) is 0.506. The molecule has 0 amide bonds. The van der Waals surface area contributed by atoms with Gasteiger partial charge in [-0.3, -0.25) is 5.10 Å². The Bertz CT molecular complexity index is 355. The lowest BCUT2D eigenvalue weighted by atomic mass is 10.4. The van der Waals surface area contributed by atoms with Gasteiger partial charge in [-0.05, 0) is 6.54 Å². The molecule has 0 fully saturated rings. The van der Waals surface area contributed by atoms with Gasteiger partial charge in [-0.1, -0.05) is 0 Å². The summed E-state index contributed by atoms with van der Waals surface area (Å²) in [6, 6.07) is 0. The minimum absolute atomic E-state index is 0.374. The second kappa shape index (κ2) is 3.17. The smallest absolute Gasteiger partial charge is 0.282 e. The Kier molecular flexibility index (Phi) is 2.40. The van der Waals surface area contributed by atoms with Gasteiger partial charge in [-0.25, -0.2) is 18.5 Å². The van der Waals surface area contributed by atoms with Crippen LogP contribution in [0, 0.1) is 0 Å². The van der Waals surface area contributed by atoms with Gasteiger partial charge in [0.25, 0.3) is 15.2 Å². The van der Waals surface area contributed by atoms with Crippen LogP contribution in [0.2, 0.25) is 0 Å². The Labute approximate surface area is 69.2 Å². The minimum Gasteiger partial charge on any atom is -0.330 e. The van der Waals surface area contributed by atoms with Gasteiger partial charge in [-0.15, -0.1) is 5.10 Å². The van der Waals surface area contributed by atoms with Gasteiger partial charge in [0.05, 0.1) is 0 Å². The van der Waals surface area contributed by atoms with Crippen molar-refractivity contribution in [2.45, 2.75) is 11.6 Å². The number of nitrogens with one attached hydrogen (secondary N) is 1. The highest BCUT2D eigenvalue weighted by atomic mass is 32.2. The van der Waals surface area contributed by atoms with E-state index in [2.05, 4.69) is 15.2 Å². The molecular weight excluding hydrogens is 182 g/mol. The van der Waals surface area contributed by atoms with Crippen molar-refractivity contribution in [3.63, 3.8) is 0 Å². The summed E-state index contributed by atoms with van der Waals surface area (Å²) in [6.07, 6.45) is 0.447. The SMILES string of the molecule is NCCc1nc(S(N)(=O)=O)n[nH]1. The maximum Gasteiger partial charge on any atom is 0.282 e. The summed E-state index contributed by atoms with van der Waals surface area (Å²) in [5.41, 5.74) is 5.21. The number of sulfonamides is 1.